The fraction of sp³-hybridized carbons (Fsp3) is 0.694. The van der Waals surface area contributed by atoms with Crippen molar-refractivity contribution >= 4 is 57.3 Å². The molecule has 1 spiro atoms. The van der Waals surface area contributed by atoms with Crippen LogP contribution in [0.5, 0.6) is 0 Å². The second kappa shape index (κ2) is 21.8. The largest absolute Gasteiger partial charge is 0.377 e. The van der Waals surface area contributed by atoms with E-state index in [9.17, 15) is 32.4 Å². The minimum Gasteiger partial charge on any atom is -0.377 e. The Balaban J connectivity index is 0.773. The summed E-state index contributed by atoms with van der Waals surface area (Å²) in [6.07, 6.45) is 3.30. The predicted octanol–water partition coefficient (Wildman–Crippen LogP) is 0.322. The van der Waals surface area contributed by atoms with Gasteiger partial charge < -0.3 is 45.5 Å². The maximum absolute atomic E-state index is 13.2. The first-order valence-corrected chi connectivity index (χ1v) is 22.0. The summed E-state index contributed by atoms with van der Waals surface area (Å²) in [4.78, 5) is 62.7. The van der Waals surface area contributed by atoms with E-state index < -0.39 is 33.4 Å². The van der Waals surface area contributed by atoms with E-state index in [0.29, 0.717) is 70.2 Å². The van der Waals surface area contributed by atoms with Crippen LogP contribution in [0.25, 0.3) is 0 Å². The maximum Gasteiger partial charge on any atom is 0.329 e. The molecule has 20 heteroatoms. The van der Waals surface area contributed by atoms with Crippen LogP contribution in [-0.4, -0.2) is 156 Å². The van der Waals surface area contributed by atoms with Crippen LogP contribution in [0.15, 0.2) is 30.3 Å². The molecule has 3 atom stereocenters. The Labute approximate surface area is 332 Å². The number of rotatable bonds is 25. The fourth-order valence-electron chi connectivity index (χ4n) is 7.01. The van der Waals surface area contributed by atoms with Gasteiger partial charge in [0, 0.05) is 50.0 Å². The van der Waals surface area contributed by atoms with Crippen molar-refractivity contribution < 1.29 is 51.3 Å². The Morgan fingerprint density at radius 2 is 1.39 bits per heavy atom. The second-order valence-corrected chi connectivity index (χ2v) is 17.3. The topological polar surface area (TPSA) is 223 Å². The lowest BCUT2D eigenvalue weighted by Crippen LogP contribution is -2.56. The monoisotopic (exact) mass is 825 g/mol. The number of nitrogens with one attached hydrogen (secondary N) is 5. The minimum atomic E-state index is -3.74. The number of thioether (sulfide) groups is 1. The van der Waals surface area contributed by atoms with Gasteiger partial charge in [-0.05, 0) is 37.8 Å². The Kier molecular flexibility index (Phi) is 17.0. The molecular weight excluding hydrogens is 771 g/mol. The zero-order chi connectivity index (χ0) is 39.8. The molecule has 0 bridgehead atoms. The number of carbonyl (C=O) groups is 5. The summed E-state index contributed by atoms with van der Waals surface area (Å²) in [5, 5.41) is 14.6. The average Bonchev–Trinajstić information content (AvgIpc) is 3.82. The molecule has 4 saturated heterocycles. The molecule has 5 N–H and O–H groups in total. The molecule has 4 aliphatic rings. The lowest BCUT2D eigenvalue weighted by Gasteiger charge is -2.36. The van der Waals surface area contributed by atoms with E-state index in [1.54, 1.807) is 30.3 Å². The number of hydrogen-bond acceptors (Lipinski definition) is 12. The lowest BCUT2D eigenvalue weighted by molar-refractivity contribution is -0.123. The van der Waals surface area contributed by atoms with Crippen molar-refractivity contribution in [2.75, 3.05) is 95.4 Å². The van der Waals surface area contributed by atoms with Gasteiger partial charge in [0.1, 0.15) is 5.54 Å². The molecule has 4 fully saturated rings. The molecule has 1 aromatic rings. The van der Waals surface area contributed by atoms with Crippen molar-refractivity contribution in [3.63, 3.8) is 0 Å². The standard InChI is InChI=1S/C36H55N7O11S2/c44-30(9-5-4-8-29-32-28(26-55-29)39-34(47)40-32)37-13-17-51-19-21-53-23-24-54-22-20-52-18-14-38-31(45)10-25-56(49,50)42-15-11-36(12-16-42)33(46)43(35(48)41-36)27-6-2-1-3-7-27/h1-3,6-7,28-29,32H,4-5,8-26H2,(H,37,44)(H,38,45)(H,41,48)(H2,39,40,47)/t28-,29-,32-/m0/s1. The molecule has 0 aliphatic carbocycles. The van der Waals surface area contributed by atoms with Gasteiger partial charge in [-0.15, -0.1) is 0 Å². The minimum absolute atomic E-state index is 0.0102. The van der Waals surface area contributed by atoms with Gasteiger partial charge in [0.25, 0.3) is 5.91 Å². The van der Waals surface area contributed by atoms with Crippen LogP contribution in [0, 0.1) is 0 Å². The van der Waals surface area contributed by atoms with Crippen molar-refractivity contribution in [1.29, 1.82) is 0 Å². The number of sulfonamides is 1. The average molecular weight is 826 g/mol. The molecule has 1 aromatic carbocycles. The quantitative estimate of drug-likeness (QED) is 0.0511. The highest BCUT2D eigenvalue weighted by Gasteiger charge is 2.53. The number of nitrogens with zero attached hydrogens (tertiary/aromatic N) is 2. The Morgan fingerprint density at radius 1 is 0.804 bits per heavy atom. The van der Waals surface area contributed by atoms with Crippen LogP contribution < -0.4 is 31.5 Å². The molecule has 18 nitrogen and oxygen atoms in total. The number of anilines is 1. The highest BCUT2D eigenvalue weighted by molar-refractivity contribution is 8.00. The Bertz CT molecular complexity index is 1580. The van der Waals surface area contributed by atoms with Gasteiger partial charge in [0.05, 0.1) is 76.4 Å². The van der Waals surface area contributed by atoms with Crippen LogP contribution in [0.1, 0.15) is 44.9 Å². The van der Waals surface area contributed by atoms with Crippen LogP contribution in [0.4, 0.5) is 15.3 Å². The number of ether oxygens (including phenoxy) is 4. The molecule has 5 rings (SSSR count). The van der Waals surface area contributed by atoms with E-state index >= 15 is 0 Å². The van der Waals surface area contributed by atoms with Gasteiger partial charge in [-0.25, -0.2) is 27.2 Å². The first kappa shape index (κ1) is 43.6. The zero-order valence-corrected chi connectivity index (χ0v) is 33.3. The summed E-state index contributed by atoms with van der Waals surface area (Å²) in [5.41, 5.74) is -0.688. The predicted molar refractivity (Wildman–Crippen MR) is 208 cm³/mol. The summed E-state index contributed by atoms with van der Waals surface area (Å²) < 4.78 is 49.0. The summed E-state index contributed by atoms with van der Waals surface area (Å²) >= 11 is 1.88. The molecule has 0 radical (unpaired) electrons. The molecule has 0 unspecified atom stereocenters. The molecule has 4 aliphatic heterocycles. The summed E-state index contributed by atoms with van der Waals surface area (Å²) in [7, 11) is -3.74. The third kappa shape index (κ3) is 12.7. The van der Waals surface area contributed by atoms with Crippen molar-refractivity contribution in [3.05, 3.63) is 30.3 Å². The van der Waals surface area contributed by atoms with E-state index in [2.05, 4.69) is 26.6 Å². The van der Waals surface area contributed by atoms with Crippen molar-refractivity contribution in [1.82, 2.24) is 30.9 Å². The van der Waals surface area contributed by atoms with Gasteiger partial charge in [-0.2, -0.15) is 11.8 Å². The number of imide groups is 1. The Morgan fingerprint density at radius 3 is 2.02 bits per heavy atom. The van der Waals surface area contributed by atoms with Crippen molar-refractivity contribution in [3.8, 4) is 0 Å². The summed E-state index contributed by atoms with van der Waals surface area (Å²) in [6, 6.07) is 8.40. The van der Waals surface area contributed by atoms with Crippen LogP contribution in [0.2, 0.25) is 0 Å². The number of urea groups is 2. The van der Waals surface area contributed by atoms with Gasteiger partial charge in [-0.1, -0.05) is 24.6 Å². The summed E-state index contributed by atoms with van der Waals surface area (Å²) in [6.45, 7) is 3.66. The van der Waals surface area contributed by atoms with Gasteiger partial charge in [0.2, 0.25) is 21.8 Å². The van der Waals surface area contributed by atoms with Crippen LogP contribution in [-0.2, 0) is 43.4 Å². The number of benzene rings is 1. The SMILES string of the molecule is O=C(CCCC[C@@H]1SC[C@@H]2NC(=O)N[C@@H]21)NCCOCCOCCOCCOCCNC(=O)CCS(=O)(=O)N1CCC2(CC1)NC(=O)N(c1ccccc1)C2=O. The normalized spacial score (nSPS) is 21.8. The van der Waals surface area contributed by atoms with E-state index in [1.807, 2.05) is 11.8 Å². The number of hydrogen-bond donors (Lipinski definition) is 5. The second-order valence-electron chi connectivity index (χ2n) is 14.0. The number of fused-ring (bicyclic) bond motifs is 1. The zero-order valence-electron chi connectivity index (χ0n) is 31.7. The van der Waals surface area contributed by atoms with Gasteiger partial charge >= 0.3 is 12.1 Å². The van der Waals surface area contributed by atoms with Crippen molar-refractivity contribution in [2.24, 2.45) is 0 Å². The first-order chi connectivity index (χ1) is 27.1. The Hall–Kier alpha value is -3.53. The lowest BCUT2D eigenvalue weighted by atomic mass is 9.88. The highest BCUT2D eigenvalue weighted by atomic mass is 32.2. The molecule has 312 valence electrons. The molecule has 0 aromatic heterocycles. The van der Waals surface area contributed by atoms with E-state index in [-0.39, 0.29) is 75.3 Å². The van der Waals surface area contributed by atoms with Crippen molar-refractivity contribution in [2.45, 2.75) is 67.8 Å². The van der Waals surface area contributed by atoms with E-state index in [4.69, 9.17) is 18.9 Å². The first-order valence-electron chi connectivity index (χ1n) is 19.3. The third-order valence-corrected chi connectivity index (χ3v) is 13.4. The molecule has 4 heterocycles. The number of unbranched alkanes of at least 4 members (excludes halogenated alkanes) is 1. The van der Waals surface area contributed by atoms with Gasteiger partial charge in [-0.3, -0.25) is 14.4 Å². The van der Waals surface area contributed by atoms with E-state index in [0.717, 1.165) is 29.9 Å². The number of para-hydroxylation sites is 1. The van der Waals surface area contributed by atoms with E-state index in [1.165, 1.54) is 4.31 Å². The third-order valence-electron chi connectivity index (χ3n) is 10.1. The molecule has 7 amide bonds. The molecule has 0 saturated carbocycles. The fourth-order valence-corrected chi connectivity index (χ4v) is 9.99. The number of amides is 7. The number of carbonyl (C=O) groups excluding carboxylic acids is 5. The van der Waals surface area contributed by atoms with Gasteiger partial charge in [0.15, 0.2) is 0 Å². The smallest absolute Gasteiger partial charge is 0.329 e. The van der Waals surface area contributed by atoms with Crippen LogP contribution >= 0.6 is 11.8 Å². The molecule has 56 heavy (non-hydrogen) atoms. The maximum atomic E-state index is 13.2. The summed E-state index contributed by atoms with van der Waals surface area (Å²) in [5.74, 6) is -0.221. The molecular formula is C36H55N7O11S2. The number of piperidine rings is 1. The highest BCUT2D eigenvalue weighted by Crippen LogP contribution is 2.34. The van der Waals surface area contributed by atoms with Crippen LogP contribution in [0.3, 0.4) is 0 Å².